The number of carbonyl (C=O) groups excluding carboxylic acids is 1. The highest BCUT2D eigenvalue weighted by atomic mass is 35.5. The fourth-order valence-electron chi connectivity index (χ4n) is 1.51. The summed E-state index contributed by atoms with van der Waals surface area (Å²) in [5.74, 6) is -0.950. The van der Waals surface area contributed by atoms with Crippen molar-refractivity contribution in [1.29, 1.82) is 0 Å². The van der Waals surface area contributed by atoms with Gasteiger partial charge < -0.3 is 4.74 Å². The van der Waals surface area contributed by atoms with E-state index in [1.54, 1.807) is 25.1 Å². The molecule has 0 bridgehead atoms. The second-order valence-corrected chi connectivity index (χ2v) is 4.45. The molecule has 2 unspecified atom stereocenters. The molecule has 1 aromatic rings. The zero-order valence-electron chi connectivity index (χ0n) is 9.80. The molecule has 1 rings (SSSR count). The molecule has 1 aromatic carbocycles. The van der Waals surface area contributed by atoms with E-state index in [9.17, 15) is 4.79 Å². The molecule has 0 aliphatic heterocycles. The Morgan fingerprint density at radius 1 is 1.44 bits per heavy atom. The first kappa shape index (κ1) is 14.6. The van der Waals surface area contributed by atoms with E-state index in [2.05, 4.69) is 14.8 Å². The van der Waals surface area contributed by atoms with Gasteiger partial charge in [-0.3, -0.25) is 4.79 Å². The smallest absolute Gasteiger partial charge is 0.315 e. The molecule has 0 saturated carbocycles. The van der Waals surface area contributed by atoms with Crippen LogP contribution in [0.25, 0.3) is 10.4 Å². The summed E-state index contributed by atoms with van der Waals surface area (Å²) in [4.78, 5) is 14.2. The number of rotatable bonds is 4. The molecular formula is C11H11Cl2N3O2. The molecule has 0 radical (unpaired) electrons. The number of carbonyl (C=O) groups is 1. The van der Waals surface area contributed by atoms with Crippen molar-refractivity contribution in [3.63, 3.8) is 0 Å². The predicted octanol–water partition coefficient (Wildman–Crippen LogP) is 3.95. The molecule has 0 amide bonds. The van der Waals surface area contributed by atoms with E-state index in [1.165, 1.54) is 7.11 Å². The van der Waals surface area contributed by atoms with Crippen LogP contribution in [0.3, 0.4) is 0 Å². The Balaban J connectivity index is 3.08. The summed E-state index contributed by atoms with van der Waals surface area (Å²) in [5.41, 5.74) is 9.22. The number of ether oxygens (including phenoxy) is 1. The number of hydrogen-bond donors (Lipinski definition) is 0. The number of halogens is 2. The van der Waals surface area contributed by atoms with Gasteiger partial charge in [0.05, 0.1) is 17.2 Å². The molecule has 5 nitrogen and oxygen atoms in total. The standard InChI is InChI=1S/C11H11Cl2N3O2/c1-6(10(15-16-14)11(17)18-2)7-3-4-8(12)9(13)5-7/h3-6,10H,1-2H3. The van der Waals surface area contributed by atoms with Gasteiger partial charge in [-0.15, -0.1) is 0 Å². The van der Waals surface area contributed by atoms with E-state index >= 15 is 0 Å². The first-order chi connectivity index (χ1) is 8.51. The number of methoxy groups -OCH3 is 1. The van der Waals surface area contributed by atoms with Gasteiger partial charge in [0.25, 0.3) is 0 Å². The summed E-state index contributed by atoms with van der Waals surface area (Å²) in [5, 5.41) is 4.26. The molecule has 2 atom stereocenters. The van der Waals surface area contributed by atoms with Crippen LogP contribution in [0.5, 0.6) is 0 Å². The van der Waals surface area contributed by atoms with Crippen LogP contribution in [0.1, 0.15) is 18.4 Å². The second-order valence-electron chi connectivity index (χ2n) is 3.64. The fraction of sp³-hybridized carbons (Fsp3) is 0.364. The van der Waals surface area contributed by atoms with Crippen LogP contribution in [0.15, 0.2) is 23.3 Å². The Labute approximate surface area is 114 Å². The number of azide groups is 1. The molecule has 0 heterocycles. The summed E-state index contributed by atoms with van der Waals surface area (Å²) in [6.07, 6.45) is 0. The normalized spacial score (nSPS) is 13.3. The van der Waals surface area contributed by atoms with Crippen molar-refractivity contribution < 1.29 is 9.53 Å². The van der Waals surface area contributed by atoms with Crippen LogP contribution in [0, 0.1) is 0 Å². The van der Waals surface area contributed by atoms with E-state index in [4.69, 9.17) is 28.7 Å². The SMILES string of the molecule is COC(=O)C(N=[N+]=[N-])C(C)c1ccc(Cl)c(Cl)c1. The van der Waals surface area contributed by atoms with E-state index in [0.29, 0.717) is 10.0 Å². The van der Waals surface area contributed by atoms with Crippen LogP contribution in [0.4, 0.5) is 0 Å². The number of esters is 1. The van der Waals surface area contributed by atoms with Crippen LogP contribution in [0.2, 0.25) is 10.0 Å². The van der Waals surface area contributed by atoms with Crippen molar-refractivity contribution in [1.82, 2.24) is 0 Å². The quantitative estimate of drug-likeness (QED) is 0.364. The fourth-order valence-corrected chi connectivity index (χ4v) is 1.81. The number of hydrogen-bond acceptors (Lipinski definition) is 3. The maximum atomic E-state index is 11.5. The topological polar surface area (TPSA) is 75.1 Å². The van der Waals surface area contributed by atoms with Crippen LogP contribution in [-0.4, -0.2) is 19.1 Å². The third-order valence-electron chi connectivity index (χ3n) is 2.56. The molecule has 0 fully saturated rings. The Kier molecular flexibility index (Phi) is 5.28. The summed E-state index contributed by atoms with van der Waals surface area (Å²) < 4.78 is 4.60. The molecule has 7 heteroatoms. The average molecular weight is 288 g/mol. The first-order valence-electron chi connectivity index (χ1n) is 5.08. The Morgan fingerprint density at radius 2 is 2.11 bits per heavy atom. The largest absolute Gasteiger partial charge is 0.469 e. The van der Waals surface area contributed by atoms with E-state index in [1.807, 2.05) is 0 Å². The van der Waals surface area contributed by atoms with Crippen LogP contribution >= 0.6 is 23.2 Å². The van der Waals surface area contributed by atoms with Gasteiger partial charge in [-0.25, -0.2) is 0 Å². The minimum Gasteiger partial charge on any atom is -0.469 e. The van der Waals surface area contributed by atoms with Gasteiger partial charge in [0.15, 0.2) is 0 Å². The van der Waals surface area contributed by atoms with Gasteiger partial charge in [0, 0.05) is 10.8 Å². The summed E-state index contributed by atoms with van der Waals surface area (Å²) in [6, 6.07) is 4.05. The van der Waals surface area contributed by atoms with Gasteiger partial charge in [0.1, 0.15) is 6.04 Å². The lowest BCUT2D eigenvalue weighted by atomic mass is 9.94. The monoisotopic (exact) mass is 287 g/mol. The molecule has 0 N–H and O–H groups in total. The average Bonchev–Trinajstić information content (AvgIpc) is 2.37. The molecular weight excluding hydrogens is 277 g/mol. The minimum absolute atomic E-state index is 0.358. The minimum atomic E-state index is -0.933. The lowest BCUT2D eigenvalue weighted by Crippen LogP contribution is -2.25. The lowest BCUT2D eigenvalue weighted by molar-refractivity contribution is -0.142. The predicted molar refractivity (Wildman–Crippen MR) is 69.8 cm³/mol. The van der Waals surface area contributed by atoms with Gasteiger partial charge in [-0.05, 0) is 23.2 Å². The molecule has 18 heavy (non-hydrogen) atoms. The number of benzene rings is 1. The van der Waals surface area contributed by atoms with Crippen molar-refractivity contribution in [2.45, 2.75) is 18.9 Å². The number of nitrogens with zero attached hydrogens (tertiary/aromatic N) is 3. The third kappa shape index (κ3) is 3.29. The van der Waals surface area contributed by atoms with Crippen molar-refractivity contribution in [3.05, 3.63) is 44.3 Å². The second kappa shape index (κ2) is 6.50. The van der Waals surface area contributed by atoms with Crippen LogP contribution < -0.4 is 0 Å². The van der Waals surface area contributed by atoms with Crippen molar-refractivity contribution in [2.24, 2.45) is 5.11 Å². The summed E-state index contributed by atoms with van der Waals surface area (Å²) in [7, 11) is 1.24. The van der Waals surface area contributed by atoms with E-state index in [-0.39, 0.29) is 5.92 Å². The van der Waals surface area contributed by atoms with E-state index in [0.717, 1.165) is 5.56 Å². The van der Waals surface area contributed by atoms with Crippen molar-refractivity contribution in [3.8, 4) is 0 Å². The molecule has 0 spiro atoms. The molecule has 0 saturated heterocycles. The highest BCUT2D eigenvalue weighted by Crippen LogP contribution is 2.29. The molecule has 0 aromatic heterocycles. The van der Waals surface area contributed by atoms with Gasteiger partial charge >= 0.3 is 5.97 Å². The zero-order chi connectivity index (χ0) is 13.7. The van der Waals surface area contributed by atoms with Gasteiger partial charge in [0.2, 0.25) is 0 Å². The maximum absolute atomic E-state index is 11.5. The highest BCUT2D eigenvalue weighted by molar-refractivity contribution is 6.42. The maximum Gasteiger partial charge on any atom is 0.315 e. The summed E-state index contributed by atoms with van der Waals surface area (Å²) >= 11 is 11.7. The zero-order valence-corrected chi connectivity index (χ0v) is 11.3. The Morgan fingerprint density at radius 3 is 2.61 bits per heavy atom. The summed E-state index contributed by atoms with van der Waals surface area (Å²) in [6.45, 7) is 1.75. The van der Waals surface area contributed by atoms with Gasteiger partial charge in [-0.1, -0.05) is 41.3 Å². The lowest BCUT2D eigenvalue weighted by Gasteiger charge is -2.18. The van der Waals surface area contributed by atoms with Crippen molar-refractivity contribution in [2.75, 3.05) is 7.11 Å². The highest BCUT2D eigenvalue weighted by Gasteiger charge is 2.26. The first-order valence-corrected chi connectivity index (χ1v) is 5.83. The Hall–Kier alpha value is -1.42. The van der Waals surface area contributed by atoms with Crippen molar-refractivity contribution >= 4 is 29.2 Å². The Bertz CT molecular complexity index is 501. The van der Waals surface area contributed by atoms with Gasteiger partial charge in [-0.2, -0.15) is 0 Å². The van der Waals surface area contributed by atoms with Crippen LogP contribution in [-0.2, 0) is 9.53 Å². The third-order valence-corrected chi connectivity index (χ3v) is 3.30. The molecule has 0 aliphatic rings. The molecule has 96 valence electrons. The van der Waals surface area contributed by atoms with E-state index < -0.39 is 12.0 Å². The molecule has 0 aliphatic carbocycles.